The lowest BCUT2D eigenvalue weighted by atomic mass is 9.90. The molecule has 1 N–H and O–H groups in total. The van der Waals surface area contributed by atoms with Gasteiger partial charge >= 0.3 is 0 Å². The van der Waals surface area contributed by atoms with E-state index in [0.717, 1.165) is 50.1 Å². The van der Waals surface area contributed by atoms with Crippen LogP contribution >= 0.6 is 0 Å². The molecule has 2 aromatic heterocycles. The molecule has 0 fully saturated rings. The molecule has 1 aliphatic heterocycles. The van der Waals surface area contributed by atoms with Crippen LogP contribution in [0.4, 0.5) is 0 Å². The third-order valence-electron chi connectivity index (χ3n) is 6.34. The quantitative estimate of drug-likeness (QED) is 0.364. The van der Waals surface area contributed by atoms with Crippen LogP contribution in [0.2, 0.25) is 0 Å². The van der Waals surface area contributed by atoms with Crippen molar-refractivity contribution in [2.45, 2.75) is 13.3 Å². The van der Waals surface area contributed by atoms with E-state index in [1.165, 1.54) is 0 Å². The van der Waals surface area contributed by atoms with Crippen molar-refractivity contribution in [3.63, 3.8) is 0 Å². The molecule has 0 spiro atoms. The van der Waals surface area contributed by atoms with Crippen molar-refractivity contribution in [3.05, 3.63) is 108 Å². The fraction of sp³-hybridized carbons (Fsp3) is 0.0690. The van der Waals surface area contributed by atoms with Gasteiger partial charge in [0.2, 0.25) is 0 Å². The Bertz CT molecular complexity index is 1600. The molecule has 164 valence electrons. The minimum absolute atomic E-state index is 0.135. The second-order valence-corrected chi connectivity index (χ2v) is 8.54. The number of hydrogen-bond donors (Lipinski definition) is 1. The van der Waals surface area contributed by atoms with Crippen LogP contribution in [0, 0.1) is 0 Å². The zero-order chi connectivity index (χ0) is 23.2. The van der Waals surface area contributed by atoms with Crippen LogP contribution in [0.25, 0.3) is 38.9 Å². The Hall–Kier alpha value is -4.51. The number of carbonyl (C=O) groups is 1. The van der Waals surface area contributed by atoms with E-state index in [1.54, 1.807) is 23.0 Å². The van der Waals surface area contributed by atoms with Crippen molar-refractivity contribution in [1.29, 1.82) is 0 Å². The number of aromatic hydroxyl groups is 1. The zero-order valence-corrected chi connectivity index (χ0v) is 18.6. The largest absolute Gasteiger partial charge is 0.508 e. The first-order valence-electron chi connectivity index (χ1n) is 11.2. The first-order valence-corrected chi connectivity index (χ1v) is 11.2. The molecule has 5 nitrogen and oxygen atoms in total. The predicted octanol–water partition coefficient (Wildman–Crippen LogP) is 6.14. The first kappa shape index (κ1) is 20.1. The van der Waals surface area contributed by atoms with Crippen LogP contribution in [0.3, 0.4) is 0 Å². The van der Waals surface area contributed by atoms with E-state index in [9.17, 15) is 9.90 Å². The maximum absolute atomic E-state index is 13.8. The standard InChI is InChI=1S/C29H21N3O2/c1-18-16-25-27(19-6-3-2-4-7-19)28(20-9-12-23(33)13-10-20)31-32(25)29(34)26(18)22-11-14-24-21(17-22)8-5-15-30-24/h2-15,17,33H,16H2,1H3. The summed E-state index contributed by atoms with van der Waals surface area (Å²) in [7, 11) is 0. The van der Waals surface area contributed by atoms with E-state index < -0.39 is 0 Å². The number of nitrogens with zero attached hydrogens (tertiary/aromatic N) is 3. The number of fused-ring (bicyclic) bond motifs is 2. The maximum atomic E-state index is 13.8. The van der Waals surface area contributed by atoms with Gasteiger partial charge in [0.15, 0.2) is 0 Å². The molecule has 0 atom stereocenters. The van der Waals surface area contributed by atoms with Gasteiger partial charge in [-0.15, -0.1) is 0 Å². The summed E-state index contributed by atoms with van der Waals surface area (Å²) in [6.07, 6.45) is 2.38. The topological polar surface area (TPSA) is 68.0 Å². The van der Waals surface area contributed by atoms with Gasteiger partial charge in [-0.2, -0.15) is 9.78 Å². The molecule has 0 bridgehead atoms. The van der Waals surface area contributed by atoms with Crippen molar-refractivity contribution in [2.24, 2.45) is 0 Å². The number of allylic oxidation sites excluding steroid dienone is 2. The van der Waals surface area contributed by atoms with E-state index in [-0.39, 0.29) is 11.7 Å². The number of pyridine rings is 1. The highest BCUT2D eigenvalue weighted by Crippen LogP contribution is 2.40. The Morgan fingerprint density at radius 1 is 0.853 bits per heavy atom. The van der Waals surface area contributed by atoms with Crippen LogP contribution in [0.15, 0.2) is 96.7 Å². The number of phenolic OH excluding ortho intramolecular Hbond substituents is 1. The Labute approximate surface area is 196 Å². The van der Waals surface area contributed by atoms with E-state index >= 15 is 0 Å². The summed E-state index contributed by atoms with van der Waals surface area (Å²) < 4.78 is 1.56. The SMILES string of the molecule is CC1=C(c2ccc3ncccc3c2)C(=O)n2nc(-c3ccc(O)cc3)c(-c3ccccc3)c2C1. The molecule has 0 unspecified atom stereocenters. The molecule has 0 aliphatic carbocycles. The summed E-state index contributed by atoms with van der Waals surface area (Å²) in [5, 5.41) is 15.6. The molecule has 5 aromatic rings. The molecule has 0 radical (unpaired) electrons. The normalized spacial score (nSPS) is 13.4. The molecule has 0 saturated heterocycles. The Kier molecular flexibility index (Phi) is 4.62. The number of benzene rings is 3. The van der Waals surface area contributed by atoms with Gasteiger partial charge < -0.3 is 5.11 Å². The van der Waals surface area contributed by atoms with E-state index in [1.807, 2.05) is 79.7 Å². The maximum Gasteiger partial charge on any atom is 0.279 e. The minimum atomic E-state index is -0.135. The highest BCUT2D eigenvalue weighted by atomic mass is 16.3. The lowest BCUT2D eigenvalue weighted by Crippen LogP contribution is -2.23. The van der Waals surface area contributed by atoms with Gasteiger partial charge in [0.25, 0.3) is 5.91 Å². The van der Waals surface area contributed by atoms with Crippen LogP contribution in [0.1, 0.15) is 23.0 Å². The second kappa shape index (κ2) is 7.81. The van der Waals surface area contributed by atoms with Crippen LogP contribution < -0.4 is 0 Å². The Balaban J connectivity index is 1.54. The van der Waals surface area contributed by atoms with Crippen molar-refractivity contribution in [2.75, 3.05) is 0 Å². The molecule has 5 heteroatoms. The minimum Gasteiger partial charge on any atom is -0.508 e. The van der Waals surface area contributed by atoms with Crippen LogP contribution in [-0.4, -0.2) is 25.8 Å². The Morgan fingerprint density at radius 2 is 1.62 bits per heavy atom. The predicted molar refractivity (Wildman–Crippen MR) is 133 cm³/mol. The van der Waals surface area contributed by atoms with E-state index in [2.05, 4.69) is 4.98 Å². The van der Waals surface area contributed by atoms with Gasteiger partial charge in [-0.1, -0.05) is 48.0 Å². The average molecular weight is 444 g/mol. The van der Waals surface area contributed by atoms with Crippen LogP contribution in [0.5, 0.6) is 5.75 Å². The van der Waals surface area contributed by atoms with Crippen molar-refractivity contribution < 1.29 is 9.90 Å². The van der Waals surface area contributed by atoms with Gasteiger partial charge in [0.05, 0.1) is 11.2 Å². The lowest BCUT2D eigenvalue weighted by Gasteiger charge is -2.20. The summed E-state index contributed by atoms with van der Waals surface area (Å²) in [4.78, 5) is 18.2. The molecule has 0 amide bonds. The van der Waals surface area contributed by atoms with Crippen LogP contribution in [-0.2, 0) is 6.42 Å². The number of phenols is 1. The molecule has 3 aromatic carbocycles. The van der Waals surface area contributed by atoms with Gasteiger partial charge in [-0.05, 0) is 60.5 Å². The lowest BCUT2D eigenvalue weighted by molar-refractivity contribution is 0.0958. The fourth-order valence-electron chi connectivity index (χ4n) is 4.74. The van der Waals surface area contributed by atoms with E-state index in [0.29, 0.717) is 12.0 Å². The van der Waals surface area contributed by atoms with Gasteiger partial charge in [0.1, 0.15) is 11.4 Å². The average Bonchev–Trinajstić information content (AvgIpc) is 3.24. The number of rotatable bonds is 3. The summed E-state index contributed by atoms with van der Waals surface area (Å²) in [5.74, 6) is 0.0554. The molecule has 3 heterocycles. The van der Waals surface area contributed by atoms with Crippen molar-refractivity contribution in [1.82, 2.24) is 14.8 Å². The fourth-order valence-corrected chi connectivity index (χ4v) is 4.74. The van der Waals surface area contributed by atoms with Gasteiger partial charge in [-0.3, -0.25) is 9.78 Å². The highest BCUT2D eigenvalue weighted by molar-refractivity contribution is 6.23. The molecular formula is C29H21N3O2. The number of carbonyl (C=O) groups excluding carboxylic acids is 1. The monoisotopic (exact) mass is 443 g/mol. The zero-order valence-electron chi connectivity index (χ0n) is 18.6. The Morgan fingerprint density at radius 3 is 2.41 bits per heavy atom. The summed E-state index contributed by atoms with van der Waals surface area (Å²) in [6.45, 7) is 2.02. The smallest absolute Gasteiger partial charge is 0.279 e. The van der Waals surface area contributed by atoms with E-state index in [4.69, 9.17) is 5.10 Å². The molecule has 0 saturated carbocycles. The molecule has 1 aliphatic rings. The third-order valence-corrected chi connectivity index (χ3v) is 6.34. The molecule has 6 rings (SSSR count). The summed E-state index contributed by atoms with van der Waals surface area (Å²) >= 11 is 0. The van der Waals surface area contributed by atoms with Gasteiger partial charge in [-0.25, -0.2) is 0 Å². The number of aromatic nitrogens is 3. The number of hydrogen-bond acceptors (Lipinski definition) is 4. The summed E-state index contributed by atoms with van der Waals surface area (Å²) in [6, 6.07) is 26.8. The molecular weight excluding hydrogens is 422 g/mol. The highest BCUT2D eigenvalue weighted by Gasteiger charge is 2.31. The molecule has 34 heavy (non-hydrogen) atoms. The van der Waals surface area contributed by atoms with Crippen molar-refractivity contribution >= 4 is 22.4 Å². The first-order chi connectivity index (χ1) is 16.6. The third kappa shape index (κ3) is 3.21. The summed E-state index contributed by atoms with van der Waals surface area (Å²) in [5.41, 5.74) is 7.86. The van der Waals surface area contributed by atoms with Crippen molar-refractivity contribution in [3.8, 4) is 28.1 Å². The second-order valence-electron chi connectivity index (χ2n) is 8.54. The van der Waals surface area contributed by atoms with Gasteiger partial charge in [0, 0.05) is 34.7 Å².